The van der Waals surface area contributed by atoms with Crippen LogP contribution in [0.3, 0.4) is 0 Å². The minimum atomic E-state index is -3.95. The summed E-state index contributed by atoms with van der Waals surface area (Å²) in [7, 11) is -3.95. The van der Waals surface area contributed by atoms with Crippen LogP contribution in [-0.2, 0) is 14.8 Å². The number of aromatic nitrogens is 2. The van der Waals surface area contributed by atoms with Gasteiger partial charge in [-0.25, -0.2) is 17.8 Å². The second-order valence-electron chi connectivity index (χ2n) is 8.61. The lowest BCUT2D eigenvalue weighted by molar-refractivity contribution is -0.120. The zero-order valence-electron chi connectivity index (χ0n) is 19.6. The Bertz CT molecular complexity index is 1610. The Hall–Kier alpha value is -3.12. The zero-order chi connectivity index (χ0) is 26.2. The van der Waals surface area contributed by atoms with Crippen LogP contribution >= 0.6 is 22.9 Å². The van der Waals surface area contributed by atoms with Gasteiger partial charge in [-0.3, -0.25) is 4.79 Å². The number of nitrogens with zero attached hydrogens (tertiary/aromatic N) is 3. The summed E-state index contributed by atoms with van der Waals surface area (Å²) in [6, 6.07) is 11.5. The fourth-order valence-electron chi connectivity index (χ4n) is 4.22. The number of carbonyl (C=O) groups is 1. The third-order valence-corrected chi connectivity index (χ3v) is 9.38. The number of halogens is 2. The average Bonchev–Trinajstić information content (AvgIpc) is 3.45. The molecular formula is C25H22ClFN4O4S2. The first kappa shape index (κ1) is 25.5. The molecule has 192 valence electrons. The summed E-state index contributed by atoms with van der Waals surface area (Å²) in [6.45, 7) is 1.87. The second-order valence-corrected chi connectivity index (χ2v) is 12.0. The van der Waals surface area contributed by atoms with Crippen LogP contribution in [0.2, 0.25) is 5.02 Å². The van der Waals surface area contributed by atoms with Crippen molar-refractivity contribution in [3.63, 3.8) is 0 Å². The van der Waals surface area contributed by atoms with E-state index in [1.54, 1.807) is 43.3 Å². The summed E-state index contributed by atoms with van der Waals surface area (Å²) >= 11 is 7.36. The number of hydrogen-bond acceptors (Lipinski definition) is 7. The second kappa shape index (κ2) is 10.3. The van der Waals surface area contributed by atoms with E-state index < -0.39 is 15.8 Å². The first-order chi connectivity index (χ1) is 17.7. The highest BCUT2D eigenvalue weighted by Gasteiger charge is 2.36. The minimum absolute atomic E-state index is 0.0246. The molecule has 1 N–H and O–H groups in total. The van der Waals surface area contributed by atoms with Crippen LogP contribution < -0.4 is 5.32 Å². The molecule has 0 spiro atoms. The van der Waals surface area contributed by atoms with Gasteiger partial charge in [-0.1, -0.05) is 46.3 Å². The normalized spacial score (nSPS) is 15.5. The molecule has 1 fully saturated rings. The number of hydrogen-bond donors (Lipinski definition) is 1. The largest absolute Gasteiger partial charge is 0.355 e. The van der Waals surface area contributed by atoms with Gasteiger partial charge >= 0.3 is 0 Å². The van der Waals surface area contributed by atoms with E-state index in [9.17, 15) is 17.6 Å². The van der Waals surface area contributed by atoms with Crippen LogP contribution in [0.4, 0.5) is 9.52 Å². The Balaban J connectivity index is 1.27. The number of benzene rings is 2. The predicted molar refractivity (Wildman–Crippen MR) is 141 cm³/mol. The van der Waals surface area contributed by atoms with Crippen molar-refractivity contribution in [3.05, 3.63) is 70.3 Å². The van der Waals surface area contributed by atoms with Crippen LogP contribution in [-0.4, -0.2) is 41.9 Å². The summed E-state index contributed by atoms with van der Waals surface area (Å²) in [5, 5.41) is 7.74. The van der Waals surface area contributed by atoms with E-state index in [1.165, 1.54) is 33.9 Å². The van der Waals surface area contributed by atoms with Gasteiger partial charge in [0.1, 0.15) is 11.5 Å². The topological polar surface area (TPSA) is 105 Å². The molecule has 8 nitrogen and oxygen atoms in total. The van der Waals surface area contributed by atoms with Gasteiger partial charge in [-0.2, -0.15) is 4.31 Å². The molecule has 0 radical (unpaired) electrons. The van der Waals surface area contributed by atoms with Crippen molar-refractivity contribution in [2.24, 2.45) is 5.92 Å². The number of sulfonamides is 1. The highest BCUT2D eigenvalue weighted by Crippen LogP contribution is 2.31. The molecule has 5 rings (SSSR count). The fraction of sp³-hybridized carbons (Fsp3) is 0.240. The molecule has 0 aliphatic carbocycles. The van der Waals surface area contributed by atoms with Crippen molar-refractivity contribution in [2.75, 3.05) is 18.4 Å². The van der Waals surface area contributed by atoms with Crippen LogP contribution in [0, 0.1) is 18.7 Å². The number of carbonyl (C=O) groups excluding carboxylic acids is 1. The zero-order valence-corrected chi connectivity index (χ0v) is 22.0. The van der Waals surface area contributed by atoms with Gasteiger partial charge in [-0.15, -0.1) is 0 Å². The monoisotopic (exact) mass is 560 g/mol. The molecule has 2 aromatic heterocycles. The highest BCUT2D eigenvalue weighted by molar-refractivity contribution is 7.89. The Labute approximate surface area is 221 Å². The Morgan fingerprint density at radius 1 is 1.22 bits per heavy atom. The molecular weight excluding hydrogens is 539 g/mol. The van der Waals surface area contributed by atoms with E-state index in [-0.39, 0.29) is 41.3 Å². The lowest BCUT2D eigenvalue weighted by atomic mass is 9.97. The fourth-order valence-corrected chi connectivity index (χ4v) is 7.09. The van der Waals surface area contributed by atoms with E-state index in [1.807, 2.05) is 0 Å². The summed E-state index contributed by atoms with van der Waals surface area (Å²) in [5.74, 6) is -0.964. The number of piperidine rings is 1. The van der Waals surface area contributed by atoms with Crippen LogP contribution in [0.5, 0.6) is 0 Å². The number of fused-ring (bicyclic) bond motifs is 1. The lowest BCUT2D eigenvalue weighted by Gasteiger charge is -2.30. The van der Waals surface area contributed by atoms with E-state index >= 15 is 0 Å². The van der Waals surface area contributed by atoms with Crippen molar-refractivity contribution in [2.45, 2.75) is 24.7 Å². The molecule has 12 heteroatoms. The SMILES string of the molecule is Cc1noc(C=Cc2ccccc2F)c1S(=O)(=O)N1CCC(C(=O)Nc2nc3ccc(Cl)cc3s2)CC1. The van der Waals surface area contributed by atoms with Crippen molar-refractivity contribution in [1.82, 2.24) is 14.4 Å². The Morgan fingerprint density at radius 3 is 2.73 bits per heavy atom. The van der Waals surface area contributed by atoms with E-state index in [2.05, 4.69) is 15.5 Å². The number of nitrogens with one attached hydrogen (secondary N) is 1. The van der Waals surface area contributed by atoms with E-state index in [0.717, 1.165) is 10.2 Å². The van der Waals surface area contributed by atoms with Crippen molar-refractivity contribution in [3.8, 4) is 0 Å². The summed E-state index contributed by atoms with van der Waals surface area (Å²) in [6.07, 6.45) is 3.55. The van der Waals surface area contributed by atoms with E-state index in [4.69, 9.17) is 16.1 Å². The molecule has 1 saturated heterocycles. The lowest BCUT2D eigenvalue weighted by Crippen LogP contribution is -2.41. The molecule has 0 saturated carbocycles. The van der Waals surface area contributed by atoms with Gasteiger partial charge in [-0.05, 0) is 56.2 Å². The number of rotatable bonds is 6. The van der Waals surface area contributed by atoms with Gasteiger partial charge < -0.3 is 9.84 Å². The molecule has 37 heavy (non-hydrogen) atoms. The van der Waals surface area contributed by atoms with E-state index in [0.29, 0.717) is 28.6 Å². The maximum atomic E-state index is 14.0. The molecule has 1 aliphatic heterocycles. The molecule has 0 atom stereocenters. The molecule has 0 bridgehead atoms. The molecule has 0 unspecified atom stereocenters. The van der Waals surface area contributed by atoms with Crippen LogP contribution in [0.25, 0.3) is 22.4 Å². The van der Waals surface area contributed by atoms with Gasteiger partial charge in [0, 0.05) is 29.6 Å². The highest BCUT2D eigenvalue weighted by atomic mass is 35.5. The third-order valence-electron chi connectivity index (χ3n) is 6.16. The van der Waals surface area contributed by atoms with Gasteiger partial charge in [0.2, 0.25) is 15.9 Å². The molecule has 3 heterocycles. The van der Waals surface area contributed by atoms with Crippen molar-refractivity contribution >= 4 is 66.4 Å². The number of anilines is 1. The molecule has 2 aromatic carbocycles. The Morgan fingerprint density at radius 2 is 1.97 bits per heavy atom. The third kappa shape index (κ3) is 5.30. The summed E-state index contributed by atoms with van der Waals surface area (Å²) < 4.78 is 48.3. The van der Waals surface area contributed by atoms with Crippen molar-refractivity contribution in [1.29, 1.82) is 0 Å². The summed E-state index contributed by atoms with van der Waals surface area (Å²) in [4.78, 5) is 17.2. The Kier molecular flexibility index (Phi) is 7.13. The van der Waals surface area contributed by atoms with Crippen LogP contribution in [0.15, 0.2) is 51.9 Å². The molecule has 1 aliphatic rings. The predicted octanol–water partition coefficient (Wildman–Crippen LogP) is 5.60. The average molecular weight is 561 g/mol. The quantitative estimate of drug-likeness (QED) is 0.329. The number of thiazole rings is 1. The maximum Gasteiger partial charge on any atom is 0.248 e. The molecule has 4 aromatic rings. The van der Waals surface area contributed by atoms with Crippen molar-refractivity contribution < 1.29 is 22.1 Å². The van der Waals surface area contributed by atoms with Gasteiger partial charge in [0.25, 0.3) is 0 Å². The maximum absolute atomic E-state index is 14.0. The van der Waals surface area contributed by atoms with Crippen LogP contribution in [0.1, 0.15) is 29.9 Å². The van der Waals surface area contributed by atoms with Gasteiger partial charge in [0.05, 0.1) is 10.2 Å². The minimum Gasteiger partial charge on any atom is -0.355 e. The smallest absolute Gasteiger partial charge is 0.248 e. The molecule has 1 amide bonds. The van der Waals surface area contributed by atoms with Gasteiger partial charge in [0.15, 0.2) is 15.8 Å². The first-order valence-electron chi connectivity index (χ1n) is 11.5. The summed E-state index contributed by atoms with van der Waals surface area (Å²) in [5.41, 5.74) is 1.25. The standard InChI is InChI=1S/C25H22ClFN4O4S2/c1-15-23(21(35-30-15)9-6-16-4-2-3-5-19(16)27)37(33,34)31-12-10-17(11-13-31)24(32)29-25-28-20-8-7-18(26)14-22(20)36-25/h2-9,14,17H,10-13H2,1H3,(H,28,29,32). The number of amides is 1. The number of aryl methyl sites for hydroxylation is 1. The first-order valence-corrected chi connectivity index (χ1v) is 14.1.